The third-order valence-corrected chi connectivity index (χ3v) is 4.05. The van der Waals surface area contributed by atoms with Gasteiger partial charge in [0.05, 0.1) is 0 Å². The second-order valence-electron chi connectivity index (χ2n) is 4.70. The molecule has 0 aliphatic carbocycles. The summed E-state index contributed by atoms with van der Waals surface area (Å²) < 4.78 is 4.45. The zero-order chi connectivity index (χ0) is 13.1. The second-order valence-corrected chi connectivity index (χ2v) is 5.43. The monoisotopic (exact) mass is 274 g/mol. The summed E-state index contributed by atoms with van der Waals surface area (Å²) in [5.74, 6) is 0.970. The Labute approximate surface area is 117 Å². The third kappa shape index (κ3) is 2.62. The molecule has 1 aromatic heterocycles. The van der Waals surface area contributed by atoms with Crippen LogP contribution in [0, 0.1) is 0 Å². The molecule has 100 valence electrons. The molecule has 1 N–H and O–H groups in total. The van der Waals surface area contributed by atoms with Crippen molar-refractivity contribution >= 4 is 22.4 Å². The lowest BCUT2D eigenvalue weighted by atomic mass is 10.1. The van der Waals surface area contributed by atoms with Crippen LogP contribution in [0.4, 0.5) is 10.8 Å². The highest BCUT2D eigenvalue weighted by atomic mass is 32.1. The highest BCUT2D eigenvalue weighted by Gasteiger charge is 2.19. The van der Waals surface area contributed by atoms with Gasteiger partial charge < -0.3 is 10.2 Å². The maximum absolute atomic E-state index is 4.67. The van der Waals surface area contributed by atoms with E-state index in [0.717, 1.165) is 43.4 Å². The Morgan fingerprint density at radius 3 is 3.16 bits per heavy atom. The topological polar surface area (TPSA) is 41.1 Å². The van der Waals surface area contributed by atoms with Crippen LogP contribution in [0.2, 0.25) is 0 Å². The van der Waals surface area contributed by atoms with E-state index in [4.69, 9.17) is 0 Å². The minimum absolute atomic E-state index is 0.924. The Hall–Kier alpha value is -1.46. The number of hydrogen-bond donors (Lipinski definition) is 1. The van der Waals surface area contributed by atoms with Crippen LogP contribution in [0.25, 0.3) is 0 Å². The first-order valence-corrected chi connectivity index (χ1v) is 7.54. The van der Waals surface area contributed by atoms with Crippen LogP contribution in [-0.2, 0) is 13.0 Å². The van der Waals surface area contributed by atoms with Crippen molar-refractivity contribution in [2.24, 2.45) is 0 Å². The Bertz CT molecular complexity index is 552. The molecule has 0 atom stereocenters. The first-order chi connectivity index (χ1) is 9.38. The lowest BCUT2D eigenvalue weighted by Gasteiger charge is -2.20. The molecule has 19 heavy (non-hydrogen) atoms. The fourth-order valence-electron chi connectivity index (χ4n) is 2.34. The fourth-order valence-corrected chi connectivity index (χ4v) is 3.09. The van der Waals surface area contributed by atoms with Crippen molar-refractivity contribution in [2.75, 3.05) is 18.0 Å². The average Bonchev–Trinajstić information content (AvgIpc) is 2.78. The molecule has 0 bridgehead atoms. The second kappa shape index (κ2) is 5.67. The van der Waals surface area contributed by atoms with Crippen molar-refractivity contribution in [3.8, 4) is 0 Å². The van der Waals surface area contributed by atoms with Crippen molar-refractivity contribution in [1.29, 1.82) is 0 Å². The first-order valence-electron chi connectivity index (χ1n) is 6.77. The minimum Gasteiger partial charge on any atom is -0.315 e. The van der Waals surface area contributed by atoms with Gasteiger partial charge in [-0.25, -0.2) is 4.98 Å². The quantitative estimate of drug-likeness (QED) is 0.934. The van der Waals surface area contributed by atoms with Crippen molar-refractivity contribution in [3.05, 3.63) is 35.7 Å². The molecule has 0 spiro atoms. The van der Waals surface area contributed by atoms with Gasteiger partial charge in [0.15, 0.2) is 0 Å². The summed E-state index contributed by atoms with van der Waals surface area (Å²) in [5.41, 5.74) is 2.58. The first kappa shape index (κ1) is 12.6. The molecule has 0 unspecified atom stereocenters. The maximum atomic E-state index is 4.67. The van der Waals surface area contributed by atoms with Crippen LogP contribution in [-0.4, -0.2) is 22.4 Å². The maximum Gasteiger partial charge on any atom is 0.209 e. The number of benzene rings is 1. The van der Waals surface area contributed by atoms with Gasteiger partial charge >= 0.3 is 0 Å². The van der Waals surface area contributed by atoms with E-state index in [1.54, 1.807) is 0 Å². The van der Waals surface area contributed by atoms with Crippen molar-refractivity contribution < 1.29 is 0 Å². The van der Waals surface area contributed by atoms with Crippen LogP contribution >= 0.6 is 11.5 Å². The molecule has 0 radical (unpaired) electrons. The molecule has 0 fully saturated rings. The number of anilines is 2. The predicted molar refractivity (Wildman–Crippen MR) is 79.1 cm³/mol. The van der Waals surface area contributed by atoms with E-state index >= 15 is 0 Å². The molecule has 3 rings (SSSR count). The smallest absolute Gasteiger partial charge is 0.209 e. The molecule has 1 aliphatic rings. The highest BCUT2D eigenvalue weighted by molar-refractivity contribution is 7.09. The fraction of sp³-hybridized carbons (Fsp3) is 0.429. The molecular weight excluding hydrogens is 256 g/mol. The van der Waals surface area contributed by atoms with E-state index in [-0.39, 0.29) is 0 Å². The molecule has 0 saturated carbocycles. The van der Waals surface area contributed by atoms with E-state index < -0.39 is 0 Å². The van der Waals surface area contributed by atoms with E-state index in [9.17, 15) is 0 Å². The summed E-state index contributed by atoms with van der Waals surface area (Å²) >= 11 is 1.51. The summed E-state index contributed by atoms with van der Waals surface area (Å²) in [6, 6.07) is 8.52. The van der Waals surface area contributed by atoms with Crippen LogP contribution in [0.3, 0.4) is 0 Å². The van der Waals surface area contributed by atoms with E-state index in [0.29, 0.717) is 0 Å². The number of nitrogens with one attached hydrogen (secondary N) is 1. The van der Waals surface area contributed by atoms with Gasteiger partial charge in [0.1, 0.15) is 5.82 Å². The predicted octanol–water partition coefficient (Wildman–Crippen LogP) is 2.73. The average molecular weight is 274 g/mol. The SMILES string of the molecule is CCCc1nsc(N2CCNCc3ccccc32)n1. The zero-order valence-electron chi connectivity index (χ0n) is 11.1. The number of fused-ring (bicyclic) bond motifs is 1. The van der Waals surface area contributed by atoms with Gasteiger partial charge in [0, 0.05) is 43.3 Å². The molecule has 1 aromatic carbocycles. The van der Waals surface area contributed by atoms with Crippen LogP contribution in [0.1, 0.15) is 24.7 Å². The summed E-state index contributed by atoms with van der Waals surface area (Å²) in [4.78, 5) is 6.95. The Kier molecular flexibility index (Phi) is 3.75. The van der Waals surface area contributed by atoms with Gasteiger partial charge in [0.2, 0.25) is 5.13 Å². The van der Waals surface area contributed by atoms with Gasteiger partial charge in [-0.15, -0.1) is 0 Å². The number of hydrogen-bond acceptors (Lipinski definition) is 5. The molecule has 5 heteroatoms. The lowest BCUT2D eigenvalue weighted by molar-refractivity contribution is 0.711. The largest absolute Gasteiger partial charge is 0.315 e. The zero-order valence-corrected chi connectivity index (χ0v) is 11.9. The Morgan fingerprint density at radius 2 is 2.26 bits per heavy atom. The molecule has 1 aliphatic heterocycles. The summed E-state index contributed by atoms with van der Waals surface area (Å²) in [6.07, 6.45) is 2.05. The van der Waals surface area contributed by atoms with Gasteiger partial charge in [-0.05, 0) is 18.1 Å². The van der Waals surface area contributed by atoms with Gasteiger partial charge in [-0.3, -0.25) is 0 Å². The van der Waals surface area contributed by atoms with E-state index in [1.807, 2.05) is 0 Å². The standard InChI is InChI=1S/C14H18N4S/c1-2-5-13-16-14(19-17-13)18-9-8-15-10-11-6-3-4-7-12(11)18/h3-4,6-7,15H,2,5,8-10H2,1H3. The van der Waals surface area contributed by atoms with Crippen LogP contribution in [0.5, 0.6) is 0 Å². The van der Waals surface area contributed by atoms with Gasteiger partial charge in [0.25, 0.3) is 0 Å². The number of nitrogens with zero attached hydrogens (tertiary/aromatic N) is 3. The summed E-state index contributed by atoms with van der Waals surface area (Å²) in [5, 5.41) is 4.46. The molecular formula is C14H18N4S. The van der Waals surface area contributed by atoms with E-state index in [1.165, 1.54) is 22.8 Å². The lowest BCUT2D eigenvalue weighted by Crippen LogP contribution is -2.24. The van der Waals surface area contributed by atoms with Crippen molar-refractivity contribution in [1.82, 2.24) is 14.7 Å². The molecule has 2 heterocycles. The summed E-state index contributed by atoms with van der Waals surface area (Å²) in [7, 11) is 0. The van der Waals surface area contributed by atoms with Gasteiger partial charge in [-0.1, -0.05) is 25.1 Å². The molecule has 2 aromatic rings. The van der Waals surface area contributed by atoms with E-state index in [2.05, 4.69) is 50.8 Å². The third-order valence-electron chi connectivity index (χ3n) is 3.27. The number of aryl methyl sites for hydroxylation is 1. The van der Waals surface area contributed by atoms with Gasteiger partial charge in [-0.2, -0.15) is 4.37 Å². The normalized spacial score (nSPS) is 15.1. The van der Waals surface area contributed by atoms with Crippen LogP contribution in [0.15, 0.2) is 24.3 Å². The number of rotatable bonds is 3. The van der Waals surface area contributed by atoms with Crippen molar-refractivity contribution in [2.45, 2.75) is 26.3 Å². The number of aromatic nitrogens is 2. The van der Waals surface area contributed by atoms with Crippen molar-refractivity contribution in [3.63, 3.8) is 0 Å². The Morgan fingerprint density at radius 1 is 1.37 bits per heavy atom. The number of para-hydroxylation sites is 1. The molecule has 0 saturated heterocycles. The summed E-state index contributed by atoms with van der Waals surface area (Å²) in [6.45, 7) is 4.99. The minimum atomic E-state index is 0.924. The molecule has 4 nitrogen and oxygen atoms in total. The van der Waals surface area contributed by atoms with Crippen LogP contribution < -0.4 is 10.2 Å². The Balaban J connectivity index is 1.94. The molecule has 0 amide bonds. The highest BCUT2D eigenvalue weighted by Crippen LogP contribution is 2.30.